The molecule has 0 radical (unpaired) electrons. The normalized spacial score (nSPS) is 10.9. The second-order valence-electron chi connectivity index (χ2n) is 5.88. The molecule has 2 aromatic carbocycles. The van der Waals surface area contributed by atoms with Gasteiger partial charge in [-0.1, -0.05) is 29.3 Å². The minimum atomic E-state index is -1.02. The summed E-state index contributed by atoms with van der Waals surface area (Å²) in [5.41, 5.74) is 0.631. The molecule has 0 fully saturated rings. The fourth-order valence-corrected chi connectivity index (χ4v) is 2.97. The van der Waals surface area contributed by atoms with E-state index in [4.69, 9.17) is 42.2 Å². The summed E-state index contributed by atoms with van der Waals surface area (Å²) in [6.45, 7) is 0.153. The van der Waals surface area contributed by atoms with Crippen molar-refractivity contribution in [2.75, 3.05) is 19.8 Å². The zero-order chi connectivity index (χ0) is 20.1. The number of benzene rings is 2. The smallest absolute Gasteiger partial charge is 0.329 e. The van der Waals surface area contributed by atoms with E-state index in [-0.39, 0.29) is 25.2 Å². The maximum Gasteiger partial charge on any atom is 0.329 e. The summed E-state index contributed by atoms with van der Waals surface area (Å²) >= 11 is 12.2. The Bertz CT molecular complexity index is 1060. The van der Waals surface area contributed by atoms with Gasteiger partial charge in [-0.3, -0.25) is 4.79 Å². The fourth-order valence-electron chi connectivity index (χ4n) is 2.60. The van der Waals surface area contributed by atoms with Crippen molar-refractivity contribution in [3.05, 3.63) is 62.7 Å². The van der Waals surface area contributed by atoms with E-state index in [0.29, 0.717) is 44.5 Å². The first-order valence-corrected chi connectivity index (χ1v) is 9.16. The Morgan fingerprint density at radius 3 is 2.71 bits per heavy atom. The highest BCUT2D eigenvalue weighted by molar-refractivity contribution is 6.34. The van der Waals surface area contributed by atoms with Gasteiger partial charge in [0.05, 0.1) is 29.2 Å². The zero-order valence-corrected chi connectivity index (χ0v) is 16.1. The molecule has 0 spiro atoms. The molecule has 0 amide bonds. The van der Waals surface area contributed by atoms with Gasteiger partial charge in [0, 0.05) is 17.5 Å². The number of rotatable bonds is 8. The Labute approximate surface area is 170 Å². The summed E-state index contributed by atoms with van der Waals surface area (Å²) in [4.78, 5) is 22.9. The van der Waals surface area contributed by atoms with Gasteiger partial charge in [-0.2, -0.15) is 0 Å². The maximum absolute atomic E-state index is 12.4. The van der Waals surface area contributed by atoms with Crippen LogP contribution < -0.4 is 10.2 Å². The Morgan fingerprint density at radius 1 is 1.11 bits per heavy atom. The molecule has 0 unspecified atom stereocenters. The molecule has 1 N–H and O–H groups in total. The summed E-state index contributed by atoms with van der Waals surface area (Å²) < 4.78 is 16.6. The number of carbonyl (C=O) groups is 1. The Morgan fingerprint density at radius 2 is 1.93 bits per heavy atom. The van der Waals surface area contributed by atoms with Crippen LogP contribution in [0.25, 0.3) is 22.3 Å². The van der Waals surface area contributed by atoms with Gasteiger partial charge in [-0.05, 0) is 30.3 Å². The van der Waals surface area contributed by atoms with Crippen LogP contribution in [0.2, 0.25) is 10.0 Å². The van der Waals surface area contributed by atoms with Crippen LogP contribution in [-0.4, -0.2) is 30.9 Å². The zero-order valence-electron chi connectivity index (χ0n) is 14.6. The standard InChI is InChI=1S/C20H16Cl2O6/c21-12-5-6-14(17(9-12)27-8-2-7-26-11-19(24)25)18-10-16(23)13-3-1-4-15(22)20(13)28-18/h1,3-6,9-10H,2,7-8,11H2,(H,24,25). The Kier molecular flexibility index (Phi) is 6.57. The predicted octanol–water partition coefficient (Wildman–Crippen LogP) is 4.64. The number of fused-ring (bicyclic) bond motifs is 1. The molecule has 146 valence electrons. The number of ether oxygens (including phenoxy) is 2. The van der Waals surface area contributed by atoms with Crippen LogP contribution in [0, 0.1) is 0 Å². The van der Waals surface area contributed by atoms with Crippen LogP contribution in [0.4, 0.5) is 0 Å². The number of halogens is 2. The van der Waals surface area contributed by atoms with E-state index in [0.717, 1.165) is 0 Å². The predicted molar refractivity (Wildman–Crippen MR) is 107 cm³/mol. The van der Waals surface area contributed by atoms with Gasteiger partial charge in [0.25, 0.3) is 0 Å². The van der Waals surface area contributed by atoms with E-state index in [9.17, 15) is 9.59 Å². The quantitative estimate of drug-likeness (QED) is 0.532. The van der Waals surface area contributed by atoms with Crippen LogP contribution in [0.3, 0.4) is 0 Å². The molecule has 1 aromatic heterocycles. The molecule has 0 saturated carbocycles. The van der Waals surface area contributed by atoms with E-state index in [1.54, 1.807) is 36.4 Å². The topological polar surface area (TPSA) is 86.0 Å². The average Bonchev–Trinajstić information content (AvgIpc) is 2.65. The number of hydrogen-bond acceptors (Lipinski definition) is 5. The molecule has 3 rings (SSSR count). The molecular weight excluding hydrogens is 407 g/mol. The van der Waals surface area contributed by atoms with Crippen LogP contribution in [-0.2, 0) is 9.53 Å². The molecule has 3 aromatic rings. The maximum atomic E-state index is 12.4. The monoisotopic (exact) mass is 422 g/mol. The van der Waals surface area contributed by atoms with Crippen LogP contribution in [0.1, 0.15) is 6.42 Å². The van der Waals surface area contributed by atoms with E-state index in [1.165, 1.54) is 6.07 Å². The summed E-state index contributed by atoms with van der Waals surface area (Å²) in [6.07, 6.45) is 0.479. The van der Waals surface area contributed by atoms with Crippen molar-refractivity contribution in [3.63, 3.8) is 0 Å². The van der Waals surface area contributed by atoms with Crippen molar-refractivity contribution in [1.29, 1.82) is 0 Å². The molecule has 0 aliphatic rings. The lowest BCUT2D eigenvalue weighted by Crippen LogP contribution is -2.10. The van der Waals surface area contributed by atoms with Gasteiger partial charge < -0.3 is 19.0 Å². The molecule has 8 heteroatoms. The number of hydrogen-bond donors (Lipinski definition) is 1. The Balaban J connectivity index is 1.84. The van der Waals surface area contributed by atoms with Crippen molar-refractivity contribution in [1.82, 2.24) is 0 Å². The fraction of sp³-hybridized carbons (Fsp3) is 0.200. The third-order valence-corrected chi connectivity index (χ3v) is 4.36. The van der Waals surface area contributed by atoms with Gasteiger partial charge in [0.2, 0.25) is 0 Å². The molecule has 6 nitrogen and oxygen atoms in total. The average molecular weight is 423 g/mol. The van der Waals surface area contributed by atoms with Crippen molar-refractivity contribution >= 4 is 40.1 Å². The van der Waals surface area contributed by atoms with Crippen LogP contribution >= 0.6 is 23.2 Å². The highest BCUT2D eigenvalue weighted by Crippen LogP contribution is 2.34. The summed E-state index contributed by atoms with van der Waals surface area (Å²) in [6, 6.07) is 11.3. The summed E-state index contributed by atoms with van der Waals surface area (Å²) in [5, 5.41) is 9.73. The van der Waals surface area contributed by atoms with E-state index in [2.05, 4.69) is 0 Å². The van der Waals surface area contributed by atoms with E-state index >= 15 is 0 Å². The molecule has 1 heterocycles. The highest BCUT2D eigenvalue weighted by atomic mass is 35.5. The lowest BCUT2D eigenvalue weighted by Gasteiger charge is -2.12. The number of carboxylic acid groups (broad SMARTS) is 1. The first-order chi connectivity index (χ1) is 13.5. The summed E-state index contributed by atoms with van der Waals surface area (Å²) in [5.74, 6) is -0.289. The lowest BCUT2D eigenvalue weighted by atomic mass is 10.1. The third-order valence-electron chi connectivity index (χ3n) is 3.83. The SMILES string of the molecule is O=C(O)COCCCOc1cc(Cl)ccc1-c1cc(=O)c2cccc(Cl)c2o1. The van der Waals surface area contributed by atoms with Gasteiger partial charge in [0.1, 0.15) is 18.1 Å². The molecule has 0 bridgehead atoms. The molecule has 0 saturated heterocycles. The molecule has 0 atom stereocenters. The first kappa shape index (κ1) is 20.2. The van der Waals surface area contributed by atoms with E-state index < -0.39 is 5.97 Å². The Hall–Kier alpha value is -2.54. The van der Waals surface area contributed by atoms with Crippen molar-refractivity contribution in [3.8, 4) is 17.1 Å². The van der Waals surface area contributed by atoms with Crippen LogP contribution in [0.15, 0.2) is 51.7 Å². The van der Waals surface area contributed by atoms with Gasteiger partial charge in [-0.15, -0.1) is 0 Å². The third kappa shape index (κ3) is 4.84. The largest absolute Gasteiger partial charge is 0.493 e. The molecular formula is C20H16Cl2O6. The van der Waals surface area contributed by atoms with Gasteiger partial charge >= 0.3 is 5.97 Å². The van der Waals surface area contributed by atoms with Crippen molar-refractivity contribution in [2.45, 2.75) is 6.42 Å². The van der Waals surface area contributed by atoms with Gasteiger partial charge in [0.15, 0.2) is 11.0 Å². The number of carboxylic acids is 1. The molecule has 0 aliphatic heterocycles. The summed E-state index contributed by atoms with van der Waals surface area (Å²) in [7, 11) is 0. The van der Waals surface area contributed by atoms with E-state index in [1.807, 2.05) is 0 Å². The second kappa shape index (κ2) is 9.10. The minimum Gasteiger partial charge on any atom is -0.493 e. The van der Waals surface area contributed by atoms with Crippen molar-refractivity contribution < 1.29 is 23.8 Å². The number of para-hydroxylation sites is 1. The highest BCUT2D eigenvalue weighted by Gasteiger charge is 2.14. The molecule has 28 heavy (non-hydrogen) atoms. The minimum absolute atomic E-state index is 0.221. The number of aliphatic carboxylic acids is 1. The van der Waals surface area contributed by atoms with Crippen LogP contribution in [0.5, 0.6) is 5.75 Å². The lowest BCUT2D eigenvalue weighted by molar-refractivity contribution is -0.142. The molecule has 0 aliphatic carbocycles. The second-order valence-corrected chi connectivity index (χ2v) is 6.72. The van der Waals surface area contributed by atoms with Crippen molar-refractivity contribution in [2.24, 2.45) is 0 Å². The first-order valence-electron chi connectivity index (χ1n) is 8.40. The van der Waals surface area contributed by atoms with Gasteiger partial charge in [-0.25, -0.2) is 4.79 Å².